The summed E-state index contributed by atoms with van der Waals surface area (Å²) in [6.45, 7) is 2.65. The van der Waals surface area contributed by atoms with Crippen LogP contribution < -0.4 is 10.6 Å². The van der Waals surface area contributed by atoms with Gasteiger partial charge in [-0.05, 0) is 42.2 Å². The third kappa shape index (κ3) is 5.49. The van der Waals surface area contributed by atoms with Gasteiger partial charge in [-0.15, -0.1) is 11.3 Å². The molecule has 108 valence electrons. The second-order valence-electron chi connectivity index (χ2n) is 4.50. The first-order valence-corrected chi connectivity index (χ1v) is 7.78. The molecule has 0 unspecified atom stereocenters. The van der Waals surface area contributed by atoms with Crippen LogP contribution >= 0.6 is 23.6 Å². The van der Waals surface area contributed by atoms with Gasteiger partial charge in [0.1, 0.15) is 0 Å². The lowest BCUT2D eigenvalue weighted by atomic mass is 10.1. The van der Waals surface area contributed by atoms with Crippen LogP contribution in [0.15, 0.2) is 47.9 Å². The molecule has 0 saturated carbocycles. The molecular formula is C16H16N2OS2. The van der Waals surface area contributed by atoms with Crippen molar-refractivity contribution in [2.75, 3.05) is 0 Å². The van der Waals surface area contributed by atoms with Gasteiger partial charge in [-0.1, -0.05) is 35.9 Å². The smallest absolute Gasteiger partial charge is 0.250 e. The SMILES string of the molecule is Cc1ccc(C=CC(=O)NC(=S)NCc2cccs2)cc1. The minimum Gasteiger partial charge on any atom is -0.357 e. The number of thiocarbonyl (C=S) groups is 1. The predicted octanol–water partition coefficient (Wildman–Crippen LogP) is 3.26. The Hall–Kier alpha value is -1.98. The Morgan fingerprint density at radius 3 is 2.71 bits per heavy atom. The fourth-order valence-corrected chi connectivity index (χ4v) is 2.45. The summed E-state index contributed by atoms with van der Waals surface area (Å²) < 4.78 is 0. The van der Waals surface area contributed by atoms with E-state index in [9.17, 15) is 4.79 Å². The molecule has 1 heterocycles. The fraction of sp³-hybridized carbons (Fsp3) is 0.125. The maximum Gasteiger partial charge on any atom is 0.250 e. The minimum atomic E-state index is -0.237. The summed E-state index contributed by atoms with van der Waals surface area (Å²) in [6, 6.07) is 11.9. The average molecular weight is 316 g/mol. The van der Waals surface area contributed by atoms with Crippen LogP contribution in [0.4, 0.5) is 0 Å². The summed E-state index contributed by atoms with van der Waals surface area (Å²) in [5.41, 5.74) is 2.17. The minimum absolute atomic E-state index is 0.237. The summed E-state index contributed by atoms with van der Waals surface area (Å²) >= 11 is 6.72. The molecule has 0 aliphatic rings. The Morgan fingerprint density at radius 1 is 1.29 bits per heavy atom. The Kier molecular flexibility index (Phi) is 5.66. The zero-order valence-corrected chi connectivity index (χ0v) is 13.3. The summed E-state index contributed by atoms with van der Waals surface area (Å²) in [5, 5.41) is 7.96. The molecule has 1 aromatic heterocycles. The van der Waals surface area contributed by atoms with Gasteiger partial charge >= 0.3 is 0 Å². The Balaban J connectivity index is 1.78. The van der Waals surface area contributed by atoms with E-state index >= 15 is 0 Å². The normalized spacial score (nSPS) is 10.5. The van der Waals surface area contributed by atoms with Gasteiger partial charge in [-0.3, -0.25) is 10.1 Å². The Bertz CT molecular complexity index is 631. The second-order valence-corrected chi connectivity index (χ2v) is 5.94. The van der Waals surface area contributed by atoms with Gasteiger partial charge in [0.05, 0.1) is 6.54 Å². The van der Waals surface area contributed by atoms with Crippen LogP contribution in [0.1, 0.15) is 16.0 Å². The molecule has 0 saturated heterocycles. The van der Waals surface area contributed by atoms with E-state index in [1.807, 2.05) is 48.7 Å². The van der Waals surface area contributed by atoms with Crippen LogP contribution in [-0.4, -0.2) is 11.0 Å². The second kappa shape index (κ2) is 7.71. The molecule has 3 nitrogen and oxygen atoms in total. The highest BCUT2D eigenvalue weighted by Crippen LogP contribution is 2.07. The summed E-state index contributed by atoms with van der Waals surface area (Å²) in [4.78, 5) is 12.9. The van der Waals surface area contributed by atoms with Gasteiger partial charge in [0.15, 0.2) is 5.11 Å². The standard InChI is InChI=1S/C16H16N2OS2/c1-12-4-6-13(7-5-12)8-9-15(19)18-16(20)17-11-14-3-2-10-21-14/h2-10H,11H2,1H3,(H2,17,18,19,20). The van der Waals surface area contributed by atoms with Crippen molar-refractivity contribution in [3.8, 4) is 0 Å². The van der Waals surface area contributed by atoms with Crippen molar-refractivity contribution in [1.29, 1.82) is 0 Å². The van der Waals surface area contributed by atoms with Gasteiger partial charge in [0.2, 0.25) is 5.91 Å². The third-order valence-corrected chi connectivity index (χ3v) is 3.87. The quantitative estimate of drug-likeness (QED) is 0.672. The summed E-state index contributed by atoms with van der Waals surface area (Å²) in [6.07, 6.45) is 3.24. The maximum atomic E-state index is 11.7. The van der Waals surface area contributed by atoms with Gasteiger partial charge < -0.3 is 5.32 Å². The zero-order chi connectivity index (χ0) is 15.1. The molecule has 2 aromatic rings. The largest absolute Gasteiger partial charge is 0.357 e. The number of carbonyl (C=O) groups excluding carboxylic acids is 1. The number of rotatable bonds is 4. The first-order valence-electron chi connectivity index (χ1n) is 6.49. The van der Waals surface area contributed by atoms with Crippen molar-refractivity contribution in [3.63, 3.8) is 0 Å². The number of benzene rings is 1. The Labute approximate surface area is 133 Å². The van der Waals surface area contributed by atoms with E-state index in [1.54, 1.807) is 17.4 Å². The number of hydrogen-bond donors (Lipinski definition) is 2. The number of thiophene rings is 1. The van der Waals surface area contributed by atoms with E-state index < -0.39 is 0 Å². The first-order chi connectivity index (χ1) is 10.1. The van der Waals surface area contributed by atoms with Gasteiger partial charge in [-0.2, -0.15) is 0 Å². The molecule has 1 amide bonds. The van der Waals surface area contributed by atoms with Crippen LogP contribution in [0.3, 0.4) is 0 Å². The van der Waals surface area contributed by atoms with Crippen LogP contribution in [0.25, 0.3) is 6.08 Å². The molecule has 2 N–H and O–H groups in total. The third-order valence-electron chi connectivity index (χ3n) is 2.74. The molecule has 0 atom stereocenters. The maximum absolute atomic E-state index is 11.7. The van der Waals surface area contributed by atoms with Crippen LogP contribution in [0.2, 0.25) is 0 Å². The zero-order valence-electron chi connectivity index (χ0n) is 11.6. The van der Waals surface area contributed by atoms with E-state index in [0.29, 0.717) is 11.7 Å². The number of nitrogens with one attached hydrogen (secondary N) is 2. The number of amides is 1. The van der Waals surface area contributed by atoms with E-state index in [1.165, 1.54) is 16.5 Å². The van der Waals surface area contributed by atoms with Crippen molar-refractivity contribution in [2.24, 2.45) is 0 Å². The van der Waals surface area contributed by atoms with Crippen molar-refractivity contribution >= 4 is 40.7 Å². The molecule has 5 heteroatoms. The lowest BCUT2D eigenvalue weighted by molar-refractivity contribution is -0.115. The van der Waals surface area contributed by atoms with E-state index in [0.717, 1.165) is 5.56 Å². The van der Waals surface area contributed by atoms with E-state index in [2.05, 4.69) is 10.6 Å². The molecule has 2 rings (SSSR count). The lowest BCUT2D eigenvalue weighted by Crippen LogP contribution is -2.37. The van der Waals surface area contributed by atoms with Crippen molar-refractivity contribution < 1.29 is 4.79 Å². The number of aryl methyl sites for hydroxylation is 1. The number of carbonyl (C=O) groups is 1. The van der Waals surface area contributed by atoms with Crippen molar-refractivity contribution in [3.05, 3.63) is 63.9 Å². The van der Waals surface area contributed by atoms with E-state index in [4.69, 9.17) is 12.2 Å². The highest BCUT2D eigenvalue weighted by atomic mass is 32.1. The van der Waals surface area contributed by atoms with Gasteiger partial charge in [0, 0.05) is 11.0 Å². The van der Waals surface area contributed by atoms with Crippen LogP contribution in [0, 0.1) is 6.92 Å². The Morgan fingerprint density at radius 2 is 2.05 bits per heavy atom. The molecule has 0 spiro atoms. The number of hydrogen-bond acceptors (Lipinski definition) is 3. The molecule has 0 radical (unpaired) electrons. The van der Waals surface area contributed by atoms with Gasteiger partial charge in [0.25, 0.3) is 0 Å². The van der Waals surface area contributed by atoms with Crippen molar-refractivity contribution in [2.45, 2.75) is 13.5 Å². The molecular weight excluding hydrogens is 300 g/mol. The summed E-state index contributed by atoms with van der Waals surface area (Å²) in [7, 11) is 0. The first kappa shape index (κ1) is 15.4. The lowest BCUT2D eigenvalue weighted by Gasteiger charge is -2.06. The highest BCUT2D eigenvalue weighted by molar-refractivity contribution is 7.80. The molecule has 0 aliphatic heterocycles. The molecule has 0 bridgehead atoms. The molecule has 0 aliphatic carbocycles. The topological polar surface area (TPSA) is 41.1 Å². The summed E-state index contributed by atoms with van der Waals surface area (Å²) in [5.74, 6) is -0.237. The molecule has 21 heavy (non-hydrogen) atoms. The van der Waals surface area contributed by atoms with Gasteiger partial charge in [-0.25, -0.2) is 0 Å². The van der Waals surface area contributed by atoms with E-state index in [-0.39, 0.29) is 5.91 Å². The van der Waals surface area contributed by atoms with Crippen LogP contribution in [-0.2, 0) is 11.3 Å². The average Bonchev–Trinajstić information content (AvgIpc) is 2.98. The highest BCUT2D eigenvalue weighted by Gasteiger charge is 2.01. The monoisotopic (exact) mass is 316 g/mol. The van der Waals surface area contributed by atoms with Crippen molar-refractivity contribution in [1.82, 2.24) is 10.6 Å². The molecule has 1 aromatic carbocycles. The fourth-order valence-electron chi connectivity index (χ4n) is 1.63. The molecule has 0 fully saturated rings. The van der Waals surface area contributed by atoms with Crippen LogP contribution in [0.5, 0.6) is 0 Å². The predicted molar refractivity (Wildman–Crippen MR) is 92.1 cm³/mol.